The fourth-order valence-electron chi connectivity index (χ4n) is 1.34. The van der Waals surface area contributed by atoms with E-state index >= 15 is 0 Å². The molecule has 3 nitrogen and oxygen atoms in total. The number of nitrogens with zero attached hydrogens (tertiary/aromatic N) is 2. The normalized spacial score (nSPS) is 11.5. The average Bonchev–Trinajstić information content (AvgIpc) is 2.75. The lowest BCUT2D eigenvalue weighted by molar-refractivity contribution is 0.684. The van der Waals surface area contributed by atoms with E-state index in [4.69, 9.17) is 22.1 Å². The summed E-state index contributed by atoms with van der Waals surface area (Å²) in [5.74, 6) is 0. The second kappa shape index (κ2) is 5.32. The van der Waals surface area contributed by atoms with E-state index in [-0.39, 0.29) is 15.5 Å². The van der Waals surface area contributed by atoms with Crippen LogP contribution in [-0.4, -0.2) is 4.21 Å². The zero-order valence-electron chi connectivity index (χ0n) is 8.88. The number of hydrogen-bond acceptors (Lipinski definition) is 4. The quantitative estimate of drug-likeness (QED) is 0.853. The zero-order chi connectivity index (χ0) is 13.1. The molecule has 0 saturated heterocycles. The first-order valence-corrected chi connectivity index (χ1v) is 7.12. The lowest BCUT2D eigenvalue weighted by Gasteiger charge is -1.98. The monoisotopic (exact) mass is 292 g/mol. The molecule has 1 unspecified atom stereocenters. The molecule has 0 radical (unpaired) electrons. The molecule has 0 amide bonds. The Labute approximate surface area is 115 Å². The number of nitriles is 2. The summed E-state index contributed by atoms with van der Waals surface area (Å²) in [7, 11) is -1.49. The van der Waals surface area contributed by atoms with Crippen molar-refractivity contribution in [3.8, 4) is 12.1 Å². The molecule has 0 fully saturated rings. The van der Waals surface area contributed by atoms with Gasteiger partial charge in [-0.1, -0.05) is 29.8 Å². The molecule has 1 aromatic heterocycles. The first kappa shape index (κ1) is 12.8. The molecule has 2 rings (SSSR count). The lowest BCUT2D eigenvalue weighted by Crippen LogP contribution is -1.91. The molecule has 0 N–H and O–H groups in total. The molecule has 88 valence electrons. The van der Waals surface area contributed by atoms with Gasteiger partial charge in [-0.3, -0.25) is 0 Å². The van der Waals surface area contributed by atoms with Crippen molar-refractivity contribution in [2.45, 2.75) is 9.10 Å². The molecule has 0 bridgehead atoms. The van der Waals surface area contributed by atoms with E-state index in [0.29, 0.717) is 9.10 Å². The SMILES string of the molecule is N#Cc1sc(S(=O)c2ccccc2)c(C#N)c1Cl. The fourth-order valence-corrected chi connectivity index (χ4v) is 4.21. The highest BCUT2D eigenvalue weighted by atomic mass is 35.5. The lowest BCUT2D eigenvalue weighted by atomic mass is 10.3. The summed E-state index contributed by atoms with van der Waals surface area (Å²) in [6.07, 6.45) is 0. The molecule has 1 atom stereocenters. The maximum absolute atomic E-state index is 12.3. The summed E-state index contributed by atoms with van der Waals surface area (Å²) in [6.45, 7) is 0. The third-order valence-electron chi connectivity index (χ3n) is 2.16. The van der Waals surface area contributed by atoms with Crippen LogP contribution in [0.15, 0.2) is 39.4 Å². The van der Waals surface area contributed by atoms with Gasteiger partial charge >= 0.3 is 0 Å². The van der Waals surface area contributed by atoms with E-state index in [0.717, 1.165) is 11.3 Å². The summed E-state index contributed by atoms with van der Waals surface area (Å²) < 4.78 is 12.6. The number of hydrogen-bond donors (Lipinski definition) is 0. The smallest absolute Gasteiger partial charge is 0.126 e. The Kier molecular flexibility index (Phi) is 3.78. The Bertz CT molecular complexity index is 695. The Balaban J connectivity index is 2.57. The van der Waals surface area contributed by atoms with Gasteiger partial charge in [0, 0.05) is 4.90 Å². The van der Waals surface area contributed by atoms with E-state index in [1.165, 1.54) is 0 Å². The Hall–Kier alpha value is -1.66. The minimum Gasteiger partial charge on any atom is -0.248 e. The van der Waals surface area contributed by atoms with Gasteiger partial charge in [0.15, 0.2) is 0 Å². The number of halogens is 1. The number of rotatable bonds is 2. The highest BCUT2D eigenvalue weighted by Gasteiger charge is 2.21. The molecule has 18 heavy (non-hydrogen) atoms. The van der Waals surface area contributed by atoms with Gasteiger partial charge in [-0.05, 0) is 12.1 Å². The van der Waals surface area contributed by atoms with Crippen LogP contribution in [0.25, 0.3) is 0 Å². The largest absolute Gasteiger partial charge is 0.248 e. The molecule has 2 aromatic rings. The van der Waals surface area contributed by atoms with E-state index in [9.17, 15) is 4.21 Å². The average molecular weight is 293 g/mol. The third-order valence-corrected chi connectivity index (χ3v) is 5.48. The van der Waals surface area contributed by atoms with Gasteiger partial charge in [0.25, 0.3) is 0 Å². The third kappa shape index (κ3) is 2.16. The standard InChI is InChI=1S/C12H5ClN2OS2/c13-11-9(6-14)12(17-10(11)7-15)18(16)8-4-2-1-3-5-8/h1-5H. The van der Waals surface area contributed by atoms with Crippen molar-refractivity contribution in [1.82, 2.24) is 0 Å². The summed E-state index contributed by atoms with van der Waals surface area (Å²) >= 11 is 6.89. The van der Waals surface area contributed by atoms with E-state index in [1.807, 2.05) is 18.2 Å². The molecule has 6 heteroatoms. The second-order valence-electron chi connectivity index (χ2n) is 3.21. The van der Waals surface area contributed by atoms with Crippen LogP contribution in [0, 0.1) is 22.7 Å². The Morgan fingerprint density at radius 3 is 2.39 bits per heavy atom. The van der Waals surface area contributed by atoms with Gasteiger partial charge in [-0.25, -0.2) is 4.21 Å². The second-order valence-corrected chi connectivity index (χ2v) is 6.29. The molecule has 0 spiro atoms. The summed E-state index contributed by atoms with van der Waals surface area (Å²) in [5.41, 5.74) is 0.125. The molecule has 1 heterocycles. The highest BCUT2D eigenvalue weighted by molar-refractivity contribution is 7.87. The predicted molar refractivity (Wildman–Crippen MR) is 69.9 cm³/mol. The van der Waals surface area contributed by atoms with Crippen molar-refractivity contribution in [2.75, 3.05) is 0 Å². The molecule has 0 saturated carbocycles. The summed E-state index contributed by atoms with van der Waals surface area (Å²) in [5, 5.41) is 18.0. The molecule has 0 aliphatic heterocycles. The van der Waals surface area contributed by atoms with Gasteiger partial charge in [0.1, 0.15) is 21.2 Å². The van der Waals surface area contributed by atoms with E-state index in [1.54, 1.807) is 24.3 Å². The molecule has 0 aliphatic carbocycles. The van der Waals surface area contributed by atoms with E-state index < -0.39 is 10.8 Å². The van der Waals surface area contributed by atoms with Crippen molar-refractivity contribution in [1.29, 1.82) is 10.5 Å². The molecular weight excluding hydrogens is 288 g/mol. The van der Waals surface area contributed by atoms with Gasteiger partial charge in [-0.2, -0.15) is 10.5 Å². The summed E-state index contributed by atoms with van der Waals surface area (Å²) in [6, 6.07) is 12.6. The Morgan fingerprint density at radius 2 is 1.83 bits per heavy atom. The van der Waals surface area contributed by atoms with Crippen molar-refractivity contribution in [2.24, 2.45) is 0 Å². The first-order chi connectivity index (χ1) is 8.69. The predicted octanol–water partition coefficient (Wildman–Crippen LogP) is 3.31. The first-order valence-electron chi connectivity index (χ1n) is 4.78. The van der Waals surface area contributed by atoms with E-state index in [2.05, 4.69) is 0 Å². The highest BCUT2D eigenvalue weighted by Crippen LogP contribution is 2.35. The van der Waals surface area contributed by atoms with Gasteiger partial charge in [0.05, 0.1) is 21.4 Å². The van der Waals surface area contributed by atoms with Crippen molar-refractivity contribution in [3.63, 3.8) is 0 Å². The maximum atomic E-state index is 12.3. The fraction of sp³-hybridized carbons (Fsp3) is 0. The number of benzene rings is 1. The van der Waals surface area contributed by atoms with Gasteiger partial charge in [-0.15, -0.1) is 11.3 Å². The minimum atomic E-state index is -1.49. The van der Waals surface area contributed by atoms with Crippen LogP contribution in [0.4, 0.5) is 0 Å². The van der Waals surface area contributed by atoms with Crippen LogP contribution >= 0.6 is 22.9 Å². The van der Waals surface area contributed by atoms with Crippen LogP contribution < -0.4 is 0 Å². The van der Waals surface area contributed by atoms with Crippen LogP contribution in [0.5, 0.6) is 0 Å². The van der Waals surface area contributed by atoms with Crippen molar-refractivity contribution >= 4 is 33.7 Å². The molecule has 0 aliphatic rings. The molecule has 1 aromatic carbocycles. The number of thiophene rings is 1. The zero-order valence-corrected chi connectivity index (χ0v) is 11.3. The van der Waals surface area contributed by atoms with Crippen LogP contribution in [-0.2, 0) is 10.8 Å². The minimum absolute atomic E-state index is 0.0873. The maximum Gasteiger partial charge on any atom is 0.126 e. The topological polar surface area (TPSA) is 64.7 Å². The van der Waals surface area contributed by atoms with Crippen molar-refractivity contribution in [3.05, 3.63) is 45.8 Å². The van der Waals surface area contributed by atoms with Crippen LogP contribution in [0.1, 0.15) is 10.4 Å². The van der Waals surface area contributed by atoms with Gasteiger partial charge < -0.3 is 0 Å². The van der Waals surface area contributed by atoms with Crippen LogP contribution in [0.2, 0.25) is 5.02 Å². The molecular formula is C12H5ClN2OS2. The summed E-state index contributed by atoms with van der Waals surface area (Å²) in [4.78, 5) is 0.795. The van der Waals surface area contributed by atoms with Crippen LogP contribution in [0.3, 0.4) is 0 Å². The Morgan fingerprint density at radius 1 is 1.17 bits per heavy atom. The van der Waals surface area contributed by atoms with Crippen molar-refractivity contribution < 1.29 is 4.21 Å². The van der Waals surface area contributed by atoms with Gasteiger partial charge in [0.2, 0.25) is 0 Å².